The summed E-state index contributed by atoms with van der Waals surface area (Å²) in [6.07, 6.45) is 2.74. The average molecular weight is 340 g/mol. The van der Waals surface area contributed by atoms with Crippen molar-refractivity contribution in [3.63, 3.8) is 0 Å². The molecule has 23 heavy (non-hydrogen) atoms. The molecule has 128 valence electrons. The molecule has 0 radical (unpaired) electrons. The van der Waals surface area contributed by atoms with Gasteiger partial charge in [0.05, 0.1) is 11.2 Å². The normalized spacial score (nSPS) is 25.9. The smallest absolute Gasteiger partial charge is 0.242 e. The monoisotopic (exact) mass is 340 g/mol. The fourth-order valence-corrected chi connectivity index (χ4v) is 3.69. The lowest BCUT2D eigenvalue weighted by molar-refractivity contribution is -0.140. The summed E-state index contributed by atoms with van der Waals surface area (Å²) in [4.78, 5) is 50.8. The van der Waals surface area contributed by atoms with Crippen LogP contribution in [0.1, 0.15) is 40.0 Å². The first-order valence-corrected chi connectivity index (χ1v) is 9.16. The molecule has 0 aliphatic carbocycles. The van der Waals surface area contributed by atoms with Gasteiger partial charge < -0.3 is 0 Å². The Morgan fingerprint density at radius 2 is 1.48 bits per heavy atom. The lowest BCUT2D eigenvalue weighted by atomic mass is 9.80. The fourth-order valence-electron chi connectivity index (χ4n) is 3.05. The highest BCUT2D eigenvalue weighted by molar-refractivity contribution is 8.00. The summed E-state index contributed by atoms with van der Waals surface area (Å²) in [6.45, 7) is 6.40. The molecular weight excluding hydrogens is 316 g/mol. The Kier molecular flexibility index (Phi) is 5.18. The first kappa shape index (κ1) is 18.0. The number of likely N-dealkylation sites (tertiary alicyclic amines) is 2. The molecule has 2 saturated heterocycles. The summed E-state index contributed by atoms with van der Waals surface area (Å²) in [5.74, 6) is -0.902. The van der Waals surface area contributed by atoms with E-state index in [1.807, 2.05) is 27.0 Å². The van der Waals surface area contributed by atoms with Crippen LogP contribution in [0.15, 0.2) is 0 Å². The summed E-state index contributed by atoms with van der Waals surface area (Å²) in [7, 11) is 0. The van der Waals surface area contributed by atoms with Crippen molar-refractivity contribution in [3.05, 3.63) is 0 Å². The van der Waals surface area contributed by atoms with E-state index in [0.29, 0.717) is 6.42 Å². The zero-order chi connectivity index (χ0) is 17.4. The highest BCUT2D eigenvalue weighted by Crippen LogP contribution is 2.35. The maximum Gasteiger partial charge on any atom is 0.242 e. The number of nitrogens with zero attached hydrogens (tertiary/aromatic N) is 2. The van der Waals surface area contributed by atoms with Gasteiger partial charge in [-0.3, -0.25) is 29.0 Å². The Morgan fingerprint density at radius 1 is 0.957 bits per heavy atom. The molecule has 2 unspecified atom stereocenters. The second-order valence-electron chi connectivity index (χ2n) is 7.17. The number of carbonyl (C=O) groups is 4. The van der Waals surface area contributed by atoms with Crippen LogP contribution in [-0.2, 0) is 19.2 Å². The van der Waals surface area contributed by atoms with Gasteiger partial charge in [0.1, 0.15) is 0 Å². The van der Waals surface area contributed by atoms with E-state index in [0.717, 1.165) is 0 Å². The number of amides is 4. The Bertz CT molecular complexity index is 541. The molecule has 0 spiro atoms. The summed E-state index contributed by atoms with van der Waals surface area (Å²) >= 11 is 1.38. The van der Waals surface area contributed by atoms with Gasteiger partial charge in [-0.25, -0.2) is 0 Å². The molecule has 0 saturated carbocycles. The molecule has 2 fully saturated rings. The van der Waals surface area contributed by atoms with Gasteiger partial charge in [-0.05, 0) is 18.1 Å². The summed E-state index contributed by atoms with van der Waals surface area (Å²) in [6, 6.07) is 0. The van der Waals surface area contributed by atoms with E-state index >= 15 is 0 Å². The molecule has 2 aliphatic rings. The quantitative estimate of drug-likeness (QED) is 0.705. The molecule has 2 atom stereocenters. The Balaban J connectivity index is 1.90. The molecule has 0 bridgehead atoms. The van der Waals surface area contributed by atoms with Crippen molar-refractivity contribution in [2.75, 3.05) is 19.3 Å². The van der Waals surface area contributed by atoms with Crippen LogP contribution in [0.3, 0.4) is 0 Å². The van der Waals surface area contributed by atoms with Crippen molar-refractivity contribution in [2.24, 2.45) is 11.3 Å². The first-order chi connectivity index (χ1) is 10.7. The largest absolute Gasteiger partial charge is 0.282 e. The van der Waals surface area contributed by atoms with E-state index in [9.17, 15) is 19.2 Å². The molecule has 0 N–H and O–H groups in total. The van der Waals surface area contributed by atoms with Gasteiger partial charge in [0, 0.05) is 25.9 Å². The molecule has 4 amide bonds. The maximum absolute atomic E-state index is 12.4. The number of hydrogen-bond acceptors (Lipinski definition) is 5. The molecule has 0 aromatic rings. The fraction of sp³-hybridized carbons (Fsp3) is 0.750. The number of carbonyl (C=O) groups excluding carboxylic acids is 4. The second kappa shape index (κ2) is 6.63. The minimum Gasteiger partial charge on any atom is -0.282 e. The Morgan fingerprint density at radius 3 is 1.91 bits per heavy atom. The Labute approximate surface area is 140 Å². The van der Waals surface area contributed by atoms with Gasteiger partial charge in [0.15, 0.2) is 0 Å². The maximum atomic E-state index is 12.4. The third-order valence-electron chi connectivity index (χ3n) is 4.54. The van der Waals surface area contributed by atoms with E-state index in [1.54, 1.807) is 0 Å². The predicted octanol–water partition coefficient (Wildman–Crippen LogP) is 1.29. The lowest BCUT2D eigenvalue weighted by Crippen LogP contribution is -2.37. The van der Waals surface area contributed by atoms with E-state index in [-0.39, 0.29) is 66.1 Å². The van der Waals surface area contributed by atoms with Gasteiger partial charge >= 0.3 is 0 Å². The Hall–Kier alpha value is -1.37. The van der Waals surface area contributed by atoms with Crippen molar-refractivity contribution in [1.82, 2.24) is 9.80 Å². The first-order valence-electron chi connectivity index (χ1n) is 7.88. The van der Waals surface area contributed by atoms with Crippen molar-refractivity contribution < 1.29 is 19.2 Å². The van der Waals surface area contributed by atoms with Gasteiger partial charge in [-0.1, -0.05) is 20.8 Å². The van der Waals surface area contributed by atoms with Gasteiger partial charge in [-0.15, -0.1) is 0 Å². The van der Waals surface area contributed by atoms with Gasteiger partial charge in [0.25, 0.3) is 0 Å². The third-order valence-corrected chi connectivity index (χ3v) is 5.48. The molecule has 0 aromatic carbocycles. The highest BCUT2D eigenvalue weighted by Gasteiger charge is 2.44. The van der Waals surface area contributed by atoms with Crippen LogP contribution in [0.25, 0.3) is 0 Å². The standard InChI is InChI=1S/C16H24N2O4S/c1-16(2,3)10-8-12(19)17(14(10)21)6-5-7-18-13(20)9-11(23-4)15(18)22/h10-11H,5-9H2,1-4H3. The van der Waals surface area contributed by atoms with Crippen molar-refractivity contribution in [2.45, 2.75) is 45.3 Å². The number of hydrogen-bond donors (Lipinski definition) is 0. The zero-order valence-electron chi connectivity index (χ0n) is 14.1. The van der Waals surface area contributed by atoms with Crippen molar-refractivity contribution >= 4 is 35.4 Å². The van der Waals surface area contributed by atoms with Crippen LogP contribution >= 0.6 is 11.8 Å². The minimum absolute atomic E-state index is 0.136. The molecule has 2 heterocycles. The zero-order valence-corrected chi connectivity index (χ0v) is 14.9. The topological polar surface area (TPSA) is 74.8 Å². The molecule has 2 rings (SSSR count). The summed E-state index contributed by atoms with van der Waals surface area (Å²) in [5.41, 5.74) is -0.242. The van der Waals surface area contributed by atoms with Crippen LogP contribution in [0.4, 0.5) is 0 Å². The van der Waals surface area contributed by atoms with Crippen molar-refractivity contribution in [1.29, 1.82) is 0 Å². The minimum atomic E-state index is -0.289. The SMILES string of the molecule is CSC1CC(=O)N(CCCN2C(=O)CC(C(C)(C)C)C2=O)C1=O. The van der Waals surface area contributed by atoms with Crippen LogP contribution in [0.2, 0.25) is 0 Å². The predicted molar refractivity (Wildman–Crippen MR) is 87.5 cm³/mol. The second-order valence-corrected chi connectivity index (χ2v) is 8.21. The number of rotatable bonds is 5. The van der Waals surface area contributed by atoms with E-state index in [1.165, 1.54) is 21.6 Å². The van der Waals surface area contributed by atoms with Crippen LogP contribution < -0.4 is 0 Å². The lowest BCUT2D eigenvalue weighted by Gasteiger charge is -2.25. The third kappa shape index (κ3) is 3.59. The highest BCUT2D eigenvalue weighted by atomic mass is 32.2. The van der Waals surface area contributed by atoms with Crippen LogP contribution in [0.5, 0.6) is 0 Å². The summed E-state index contributed by atoms with van der Waals surface area (Å²) < 4.78 is 0. The molecule has 2 aliphatic heterocycles. The number of thioether (sulfide) groups is 1. The number of imide groups is 2. The van der Waals surface area contributed by atoms with Crippen LogP contribution in [0, 0.1) is 11.3 Å². The average Bonchev–Trinajstić information content (AvgIpc) is 2.90. The van der Waals surface area contributed by atoms with E-state index in [2.05, 4.69) is 0 Å². The van der Waals surface area contributed by atoms with Crippen LogP contribution in [-0.4, -0.2) is 58.0 Å². The van der Waals surface area contributed by atoms with Crippen molar-refractivity contribution in [3.8, 4) is 0 Å². The molecule has 7 heteroatoms. The van der Waals surface area contributed by atoms with Gasteiger partial charge in [-0.2, -0.15) is 11.8 Å². The molecular formula is C16H24N2O4S. The van der Waals surface area contributed by atoms with E-state index < -0.39 is 0 Å². The summed E-state index contributed by atoms with van der Waals surface area (Å²) in [5, 5.41) is -0.289. The molecule has 6 nitrogen and oxygen atoms in total. The van der Waals surface area contributed by atoms with Gasteiger partial charge in [0.2, 0.25) is 23.6 Å². The van der Waals surface area contributed by atoms with E-state index in [4.69, 9.17) is 0 Å². The molecule has 0 aromatic heterocycles.